The molecule has 1 atom stereocenters. The fourth-order valence-electron chi connectivity index (χ4n) is 5.88. The van der Waals surface area contributed by atoms with Crippen molar-refractivity contribution in [2.75, 3.05) is 18.8 Å². The third-order valence-corrected chi connectivity index (χ3v) is 8.36. The summed E-state index contributed by atoms with van der Waals surface area (Å²) in [5.74, 6) is 3.14. The zero-order valence-corrected chi connectivity index (χ0v) is 25.3. The Morgan fingerprint density at radius 3 is 2.45 bits per heavy atom. The highest BCUT2D eigenvalue weighted by Crippen LogP contribution is 2.33. The van der Waals surface area contributed by atoms with Gasteiger partial charge in [0.25, 0.3) is 11.8 Å². The molecule has 1 aromatic heterocycles. The maximum absolute atomic E-state index is 14.5. The molecule has 3 aromatic carbocycles. The molecule has 0 radical (unpaired) electrons. The zero-order valence-electron chi connectivity index (χ0n) is 25.3. The Morgan fingerprint density at radius 1 is 0.977 bits per heavy atom. The van der Waals surface area contributed by atoms with Gasteiger partial charge in [-0.1, -0.05) is 75.2 Å². The van der Waals surface area contributed by atoms with E-state index in [-0.39, 0.29) is 29.4 Å². The molecule has 0 saturated carbocycles. The summed E-state index contributed by atoms with van der Waals surface area (Å²) in [6, 6.07) is 22.6. The smallest absolute Gasteiger partial charge is 0.274 e. The van der Waals surface area contributed by atoms with Crippen LogP contribution in [0.25, 0.3) is 16.8 Å². The van der Waals surface area contributed by atoms with Crippen LogP contribution in [-0.2, 0) is 13.0 Å². The number of amides is 2. The van der Waals surface area contributed by atoms with Crippen LogP contribution in [0, 0.1) is 12.0 Å². The van der Waals surface area contributed by atoms with E-state index in [1.165, 1.54) is 4.68 Å². The van der Waals surface area contributed by atoms with Crippen LogP contribution in [0.5, 0.6) is 5.88 Å². The Hall–Kier alpha value is -5.03. The van der Waals surface area contributed by atoms with Gasteiger partial charge in [-0.3, -0.25) is 9.59 Å². The quantitative estimate of drug-likeness (QED) is 0.199. The van der Waals surface area contributed by atoms with Gasteiger partial charge >= 0.3 is 0 Å². The van der Waals surface area contributed by atoms with Gasteiger partial charge in [0.1, 0.15) is 12.1 Å². The Labute approximate surface area is 258 Å². The average Bonchev–Trinajstić information content (AvgIpc) is 3.47. The van der Waals surface area contributed by atoms with Gasteiger partial charge in [-0.2, -0.15) is 9.78 Å². The summed E-state index contributed by atoms with van der Waals surface area (Å²) in [7, 11) is 0. The summed E-state index contributed by atoms with van der Waals surface area (Å²) in [6.07, 6.45) is 7.22. The molecule has 0 saturated heterocycles. The summed E-state index contributed by atoms with van der Waals surface area (Å²) in [5.41, 5.74) is 12.0. The van der Waals surface area contributed by atoms with E-state index in [1.54, 1.807) is 11.0 Å². The molecule has 6 rings (SSSR count). The van der Waals surface area contributed by atoms with Crippen LogP contribution in [0.4, 0.5) is 5.69 Å². The highest BCUT2D eigenvalue weighted by molar-refractivity contribution is 6.00. The number of benzene rings is 3. The molecule has 1 unspecified atom stereocenters. The topological polar surface area (TPSA) is 93.7 Å². The Balaban J connectivity index is 1.48. The van der Waals surface area contributed by atoms with E-state index < -0.39 is 0 Å². The summed E-state index contributed by atoms with van der Waals surface area (Å²) < 4.78 is 7.54. The number of unbranched alkanes of at least 4 members (excludes halogenated alkanes) is 2. The monoisotopic (exact) mass is 587 g/mol. The largest absolute Gasteiger partial charge is 0.398 e. The molecular formula is C36H37N5O3. The van der Waals surface area contributed by atoms with Crippen molar-refractivity contribution in [1.82, 2.24) is 19.6 Å². The Bertz CT molecular complexity index is 1760. The lowest BCUT2D eigenvalue weighted by atomic mass is 9.93. The number of nitrogens with zero attached hydrogens (tertiary/aromatic N) is 4. The van der Waals surface area contributed by atoms with Crippen LogP contribution in [0.2, 0.25) is 0 Å². The normalized spacial score (nSPS) is 15.1. The van der Waals surface area contributed by atoms with Crippen molar-refractivity contribution in [3.05, 3.63) is 95.2 Å². The zero-order chi connectivity index (χ0) is 30.6. The number of aromatic nitrogens is 2. The van der Waals surface area contributed by atoms with E-state index >= 15 is 0 Å². The first kappa shape index (κ1) is 29.1. The van der Waals surface area contributed by atoms with E-state index in [0.717, 1.165) is 47.9 Å². The molecule has 0 spiro atoms. The third kappa shape index (κ3) is 5.66. The second-order valence-electron chi connectivity index (χ2n) is 11.4. The number of rotatable bonds is 8. The number of carbonyl (C=O) groups is 2. The number of para-hydroxylation sites is 1. The molecule has 0 bridgehead atoms. The number of carbonyl (C=O) groups excluding carboxylic acids is 2. The molecule has 3 heterocycles. The van der Waals surface area contributed by atoms with E-state index in [1.807, 2.05) is 59.5 Å². The van der Waals surface area contributed by atoms with Crippen LogP contribution in [-0.4, -0.2) is 50.5 Å². The van der Waals surface area contributed by atoms with Crippen molar-refractivity contribution in [2.45, 2.75) is 58.5 Å². The molecule has 2 N–H and O–H groups in total. The van der Waals surface area contributed by atoms with E-state index in [0.29, 0.717) is 43.0 Å². The Kier molecular flexibility index (Phi) is 8.38. The van der Waals surface area contributed by atoms with Gasteiger partial charge in [0.05, 0.1) is 11.3 Å². The molecule has 2 aliphatic rings. The minimum absolute atomic E-state index is 0.159. The minimum Gasteiger partial charge on any atom is -0.398 e. The fourth-order valence-corrected chi connectivity index (χ4v) is 5.88. The molecule has 224 valence electrons. The number of fused-ring (bicyclic) bond motifs is 5. The second kappa shape index (κ2) is 12.7. The number of ether oxygens (including phenoxy) is 1. The lowest BCUT2D eigenvalue weighted by Gasteiger charge is -2.34. The third-order valence-electron chi connectivity index (χ3n) is 8.36. The lowest BCUT2D eigenvalue weighted by molar-refractivity contribution is 0.0688. The van der Waals surface area contributed by atoms with Crippen LogP contribution in [0.1, 0.15) is 71.5 Å². The van der Waals surface area contributed by atoms with Crippen molar-refractivity contribution in [2.24, 2.45) is 0 Å². The maximum Gasteiger partial charge on any atom is 0.274 e. The van der Waals surface area contributed by atoms with Crippen molar-refractivity contribution >= 4 is 17.5 Å². The van der Waals surface area contributed by atoms with Gasteiger partial charge in [0, 0.05) is 43.4 Å². The fraction of sp³-hybridized carbons (Fsp3) is 0.306. The van der Waals surface area contributed by atoms with Crippen LogP contribution in [0.15, 0.2) is 72.8 Å². The van der Waals surface area contributed by atoms with Gasteiger partial charge in [-0.25, -0.2) is 0 Å². The summed E-state index contributed by atoms with van der Waals surface area (Å²) in [5, 5.41) is 4.73. The first-order chi connectivity index (χ1) is 21.5. The summed E-state index contributed by atoms with van der Waals surface area (Å²) >= 11 is 0. The highest BCUT2D eigenvalue weighted by Gasteiger charge is 2.33. The predicted octanol–water partition coefficient (Wildman–Crippen LogP) is 6.08. The number of nitrogen functional groups attached to an aromatic ring is 1. The lowest BCUT2D eigenvalue weighted by Crippen LogP contribution is -2.44. The average molecular weight is 588 g/mol. The van der Waals surface area contributed by atoms with Crippen molar-refractivity contribution in [3.8, 4) is 34.7 Å². The molecule has 44 heavy (non-hydrogen) atoms. The van der Waals surface area contributed by atoms with E-state index in [9.17, 15) is 9.59 Å². The number of hydrogen-bond acceptors (Lipinski definition) is 5. The van der Waals surface area contributed by atoms with Gasteiger partial charge in [-0.15, -0.1) is 0 Å². The van der Waals surface area contributed by atoms with Crippen molar-refractivity contribution < 1.29 is 14.3 Å². The second-order valence-corrected chi connectivity index (χ2v) is 11.4. The molecule has 8 nitrogen and oxygen atoms in total. The predicted molar refractivity (Wildman–Crippen MR) is 171 cm³/mol. The van der Waals surface area contributed by atoms with Crippen LogP contribution >= 0.6 is 0 Å². The molecule has 8 heteroatoms. The van der Waals surface area contributed by atoms with E-state index in [4.69, 9.17) is 15.6 Å². The van der Waals surface area contributed by atoms with Crippen molar-refractivity contribution in [1.29, 1.82) is 0 Å². The van der Waals surface area contributed by atoms with Crippen molar-refractivity contribution in [3.63, 3.8) is 0 Å². The van der Waals surface area contributed by atoms with Gasteiger partial charge in [0.15, 0.2) is 5.69 Å². The number of hydrogen-bond donors (Lipinski definition) is 1. The summed E-state index contributed by atoms with van der Waals surface area (Å²) in [6.45, 7) is 5.96. The molecule has 0 fully saturated rings. The highest BCUT2D eigenvalue weighted by atomic mass is 16.5. The molecule has 4 aromatic rings. The van der Waals surface area contributed by atoms with Crippen LogP contribution < -0.4 is 10.5 Å². The van der Waals surface area contributed by atoms with Gasteiger partial charge in [-0.05, 0) is 53.7 Å². The number of nitrogens with two attached hydrogens (primary N) is 1. The first-order valence-corrected chi connectivity index (χ1v) is 15.4. The van der Waals surface area contributed by atoms with Gasteiger partial charge in [0.2, 0.25) is 5.88 Å². The van der Waals surface area contributed by atoms with E-state index in [2.05, 4.69) is 38.0 Å². The molecular weight excluding hydrogens is 550 g/mol. The molecule has 2 amide bonds. The molecule has 0 aliphatic carbocycles. The number of anilines is 1. The van der Waals surface area contributed by atoms with Crippen LogP contribution in [0.3, 0.4) is 0 Å². The molecule has 2 aliphatic heterocycles. The standard InChI is InChI=1S/C36H37N5O3/c1-3-5-18-39(19-6-4-2)36(43)32-23-34-41(38-32)33-16-15-26(29-13-9-10-14-31(29)37)22-30(33)35(42)40-24-27-12-8-7-11-25(27)21-28(40)17-20-44-34/h7-16,22-23,28H,3-6,18-19,21,24,37H2,1-2H3. The Morgan fingerprint density at radius 2 is 1.70 bits per heavy atom. The SMILES string of the molecule is CCCCN(CCCC)C(=O)c1cc2n(n1)-c1ccc(-c3ccccc3N)cc1C(=O)N1Cc3ccccc3CC1C#CO2. The first-order valence-electron chi connectivity index (χ1n) is 15.4. The maximum atomic E-state index is 14.5. The van der Waals surface area contributed by atoms with Gasteiger partial charge < -0.3 is 20.3 Å². The minimum atomic E-state index is -0.384. The summed E-state index contributed by atoms with van der Waals surface area (Å²) in [4.78, 5) is 31.9.